The number of amides is 2. The third-order valence-electron chi connectivity index (χ3n) is 4.94. The highest BCUT2D eigenvalue weighted by atomic mass is 16.5. The molecule has 2 amide bonds. The number of hydrogen-bond acceptors (Lipinski definition) is 3. The number of aliphatic hydroxyl groups excluding tert-OH is 1. The van der Waals surface area contributed by atoms with Crippen molar-refractivity contribution >= 4 is 6.03 Å². The summed E-state index contributed by atoms with van der Waals surface area (Å²) in [5.41, 5.74) is 0.221. The highest BCUT2D eigenvalue weighted by molar-refractivity contribution is 5.74. The van der Waals surface area contributed by atoms with Crippen molar-refractivity contribution in [3.05, 3.63) is 0 Å². The lowest BCUT2D eigenvalue weighted by atomic mass is 9.83. The Bertz CT molecular complexity index is 329. The minimum atomic E-state index is -0.358. The van der Waals surface area contributed by atoms with Gasteiger partial charge >= 0.3 is 6.03 Å². The number of nitrogens with one attached hydrogen (secondary N) is 1. The van der Waals surface area contributed by atoms with Crippen LogP contribution in [0.25, 0.3) is 0 Å². The van der Waals surface area contributed by atoms with Crippen molar-refractivity contribution in [2.75, 3.05) is 32.8 Å². The highest BCUT2D eigenvalue weighted by Gasteiger charge is 2.34. The first-order chi connectivity index (χ1) is 10.2. The monoisotopic (exact) mass is 298 g/mol. The zero-order valence-corrected chi connectivity index (χ0v) is 13.3. The number of hydrogen-bond donors (Lipinski definition) is 2. The lowest BCUT2D eigenvalue weighted by Crippen LogP contribution is -2.49. The zero-order chi connectivity index (χ0) is 15.1. The van der Waals surface area contributed by atoms with E-state index in [2.05, 4.69) is 5.32 Å². The number of nitrogens with zero attached hydrogens (tertiary/aromatic N) is 1. The van der Waals surface area contributed by atoms with Crippen LogP contribution in [0.4, 0.5) is 4.79 Å². The Balaban J connectivity index is 1.79. The van der Waals surface area contributed by atoms with Gasteiger partial charge in [0.2, 0.25) is 0 Å². The molecule has 2 rings (SSSR count). The van der Waals surface area contributed by atoms with Gasteiger partial charge in [0, 0.05) is 32.8 Å². The second kappa shape index (κ2) is 7.99. The summed E-state index contributed by atoms with van der Waals surface area (Å²) in [5.74, 6) is 0. The maximum absolute atomic E-state index is 12.2. The average Bonchev–Trinajstić information content (AvgIpc) is 2.94. The van der Waals surface area contributed by atoms with Gasteiger partial charge in [-0.3, -0.25) is 0 Å². The largest absolute Gasteiger partial charge is 0.391 e. The molecular weight excluding hydrogens is 268 g/mol. The summed E-state index contributed by atoms with van der Waals surface area (Å²) in [4.78, 5) is 14.0. The first kappa shape index (κ1) is 16.6. The predicted octanol–water partition coefficient (Wildman–Crippen LogP) is 2.14. The molecule has 0 bridgehead atoms. The molecule has 1 aliphatic carbocycles. The molecule has 2 aliphatic rings. The van der Waals surface area contributed by atoms with Crippen LogP contribution in [-0.2, 0) is 4.74 Å². The summed E-state index contributed by atoms with van der Waals surface area (Å²) < 4.78 is 5.50. The summed E-state index contributed by atoms with van der Waals surface area (Å²) in [5, 5.41) is 12.8. The van der Waals surface area contributed by atoms with Gasteiger partial charge in [-0.1, -0.05) is 12.8 Å². The fourth-order valence-corrected chi connectivity index (χ4v) is 3.59. The summed E-state index contributed by atoms with van der Waals surface area (Å²) >= 11 is 0. The molecule has 122 valence electrons. The topological polar surface area (TPSA) is 61.8 Å². The predicted molar refractivity (Wildman–Crippen MR) is 82.2 cm³/mol. The van der Waals surface area contributed by atoms with Gasteiger partial charge < -0.3 is 20.1 Å². The maximum atomic E-state index is 12.2. The molecule has 1 aliphatic heterocycles. The van der Waals surface area contributed by atoms with Crippen LogP contribution in [-0.4, -0.2) is 55.0 Å². The Morgan fingerprint density at radius 1 is 1.38 bits per heavy atom. The maximum Gasteiger partial charge on any atom is 0.317 e. The van der Waals surface area contributed by atoms with Crippen molar-refractivity contribution in [2.45, 2.75) is 58.0 Å². The number of piperidine rings is 1. The fourth-order valence-electron chi connectivity index (χ4n) is 3.59. The minimum Gasteiger partial charge on any atom is -0.391 e. The van der Waals surface area contributed by atoms with Gasteiger partial charge in [0.1, 0.15) is 0 Å². The highest BCUT2D eigenvalue weighted by Crippen LogP contribution is 2.40. The average molecular weight is 298 g/mol. The molecule has 5 heteroatoms. The van der Waals surface area contributed by atoms with E-state index in [9.17, 15) is 9.90 Å². The molecule has 0 spiro atoms. The van der Waals surface area contributed by atoms with Crippen molar-refractivity contribution < 1.29 is 14.6 Å². The quantitative estimate of drug-likeness (QED) is 0.739. The number of β-amino-alcohol motifs (C(OH)–C–C–N with tert-alkyl or cyclic N) is 1. The Morgan fingerprint density at radius 2 is 2.14 bits per heavy atom. The van der Waals surface area contributed by atoms with Crippen molar-refractivity contribution in [1.82, 2.24) is 10.2 Å². The molecule has 1 atom stereocenters. The van der Waals surface area contributed by atoms with Crippen LogP contribution < -0.4 is 5.32 Å². The summed E-state index contributed by atoms with van der Waals surface area (Å²) in [6.07, 6.45) is 7.25. The summed E-state index contributed by atoms with van der Waals surface area (Å²) in [6, 6.07) is -0.0172. The Labute approximate surface area is 128 Å². The minimum absolute atomic E-state index is 0.0172. The summed E-state index contributed by atoms with van der Waals surface area (Å²) in [7, 11) is 0. The van der Waals surface area contributed by atoms with E-state index in [4.69, 9.17) is 4.74 Å². The van der Waals surface area contributed by atoms with Crippen LogP contribution in [0, 0.1) is 5.41 Å². The number of carbonyl (C=O) groups is 1. The van der Waals surface area contributed by atoms with Crippen LogP contribution in [0.5, 0.6) is 0 Å². The summed E-state index contributed by atoms with van der Waals surface area (Å²) in [6.45, 7) is 5.53. The van der Waals surface area contributed by atoms with Crippen molar-refractivity contribution in [3.8, 4) is 0 Å². The molecule has 0 radical (unpaired) electrons. The molecule has 2 fully saturated rings. The second-order valence-corrected chi connectivity index (χ2v) is 6.55. The molecule has 0 unspecified atom stereocenters. The molecule has 0 aromatic rings. The number of ether oxygens (including phenoxy) is 1. The van der Waals surface area contributed by atoms with E-state index in [1.54, 1.807) is 4.90 Å². The van der Waals surface area contributed by atoms with E-state index in [1.165, 1.54) is 25.7 Å². The first-order valence-corrected chi connectivity index (χ1v) is 8.44. The molecule has 21 heavy (non-hydrogen) atoms. The van der Waals surface area contributed by atoms with Gasteiger partial charge in [0.15, 0.2) is 0 Å². The van der Waals surface area contributed by atoms with Gasteiger partial charge in [-0.15, -0.1) is 0 Å². The first-order valence-electron chi connectivity index (χ1n) is 8.44. The van der Waals surface area contributed by atoms with Crippen molar-refractivity contribution in [1.29, 1.82) is 0 Å². The second-order valence-electron chi connectivity index (χ2n) is 6.55. The lowest BCUT2D eigenvalue weighted by molar-refractivity contribution is 0.0801. The Morgan fingerprint density at radius 3 is 2.81 bits per heavy atom. The third-order valence-corrected chi connectivity index (χ3v) is 4.94. The van der Waals surface area contributed by atoms with Crippen LogP contribution in [0.1, 0.15) is 51.9 Å². The van der Waals surface area contributed by atoms with Gasteiger partial charge in [-0.05, 0) is 44.4 Å². The van der Waals surface area contributed by atoms with E-state index < -0.39 is 0 Å². The van der Waals surface area contributed by atoms with Gasteiger partial charge in [0.25, 0.3) is 0 Å². The van der Waals surface area contributed by atoms with Crippen LogP contribution >= 0.6 is 0 Å². The van der Waals surface area contributed by atoms with Crippen molar-refractivity contribution in [2.24, 2.45) is 5.41 Å². The SMILES string of the molecule is CCOCCC1(CNC(=O)N2CCC[C@@H](O)C2)CCCC1. The standard InChI is InChI=1S/C16H30N2O3/c1-2-21-11-9-16(7-3-4-8-16)13-17-15(20)18-10-5-6-14(19)12-18/h14,19H,2-13H2,1H3,(H,17,20)/t14-/m1/s1. The van der Waals surface area contributed by atoms with E-state index in [0.717, 1.165) is 45.6 Å². The van der Waals surface area contributed by atoms with E-state index in [1.807, 2.05) is 6.92 Å². The van der Waals surface area contributed by atoms with Gasteiger partial charge in [-0.25, -0.2) is 4.79 Å². The Kier molecular flexibility index (Phi) is 6.30. The normalized spacial score (nSPS) is 25.0. The number of carbonyl (C=O) groups excluding carboxylic acids is 1. The van der Waals surface area contributed by atoms with Gasteiger partial charge in [0.05, 0.1) is 6.10 Å². The van der Waals surface area contributed by atoms with E-state index >= 15 is 0 Å². The van der Waals surface area contributed by atoms with Crippen LogP contribution in [0.3, 0.4) is 0 Å². The van der Waals surface area contributed by atoms with Gasteiger partial charge in [-0.2, -0.15) is 0 Å². The van der Waals surface area contributed by atoms with Crippen LogP contribution in [0.15, 0.2) is 0 Å². The molecular formula is C16H30N2O3. The number of likely N-dealkylation sites (tertiary alicyclic amines) is 1. The number of rotatable bonds is 6. The van der Waals surface area contributed by atoms with E-state index in [0.29, 0.717) is 6.54 Å². The third kappa shape index (κ3) is 4.85. The molecule has 2 N–H and O–H groups in total. The molecule has 0 aromatic carbocycles. The molecule has 1 heterocycles. The molecule has 1 saturated heterocycles. The lowest BCUT2D eigenvalue weighted by Gasteiger charge is -2.33. The Hall–Kier alpha value is -0.810. The number of urea groups is 1. The van der Waals surface area contributed by atoms with Crippen LogP contribution in [0.2, 0.25) is 0 Å². The van der Waals surface area contributed by atoms with Crippen molar-refractivity contribution in [3.63, 3.8) is 0 Å². The smallest absolute Gasteiger partial charge is 0.317 e. The molecule has 5 nitrogen and oxygen atoms in total. The molecule has 0 aromatic heterocycles. The number of aliphatic hydroxyl groups is 1. The van der Waals surface area contributed by atoms with E-state index in [-0.39, 0.29) is 17.6 Å². The fraction of sp³-hybridized carbons (Fsp3) is 0.938. The molecule has 1 saturated carbocycles. The zero-order valence-electron chi connectivity index (χ0n) is 13.3.